The molecule has 1 amide bonds. The number of benzene rings is 1. The zero-order chi connectivity index (χ0) is 18.4. The highest BCUT2D eigenvalue weighted by Crippen LogP contribution is 2.31. The molecule has 1 aliphatic heterocycles. The van der Waals surface area contributed by atoms with E-state index in [9.17, 15) is 4.79 Å². The highest BCUT2D eigenvalue weighted by molar-refractivity contribution is 8.00. The maximum absolute atomic E-state index is 12.3. The number of carbonyl (C=O) groups is 1. The molecule has 0 bridgehead atoms. The Balaban J connectivity index is 1.87. The molecule has 2 heterocycles. The summed E-state index contributed by atoms with van der Waals surface area (Å²) in [4.78, 5) is 12.3. The van der Waals surface area contributed by atoms with E-state index in [2.05, 4.69) is 27.0 Å². The van der Waals surface area contributed by atoms with Gasteiger partial charge in [0.2, 0.25) is 5.91 Å². The second-order valence-corrected chi connectivity index (χ2v) is 7.60. The van der Waals surface area contributed by atoms with Gasteiger partial charge in [-0.3, -0.25) is 4.79 Å². The first-order chi connectivity index (χ1) is 12.7. The SMILES string of the molecule is CCCCn1c(S[C@@H]2CCCCNC2=O)nnc1-c1ccc(OC)cc1. The number of carbonyl (C=O) groups excluding carboxylic acids is 1. The third-order valence-electron chi connectivity index (χ3n) is 4.53. The van der Waals surface area contributed by atoms with Crippen LogP contribution in [0.1, 0.15) is 39.0 Å². The normalized spacial score (nSPS) is 17.6. The number of unbranched alkanes of at least 4 members (excludes halogenated alkanes) is 1. The van der Waals surface area contributed by atoms with Gasteiger partial charge in [0.15, 0.2) is 11.0 Å². The van der Waals surface area contributed by atoms with E-state index < -0.39 is 0 Å². The average Bonchev–Trinajstić information content (AvgIpc) is 2.95. The summed E-state index contributed by atoms with van der Waals surface area (Å²) in [5.74, 6) is 1.78. The summed E-state index contributed by atoms with van der Waals surface area (Å²) in [5.41, 5.74) is 1.01. The fourth-order valence-electron chi connectivity index (χ4n) is 3.00. The molecule has 140 valence electrons. The first-order valence-electron chi connectivity index (χ1n) is 9.25. The van der Waals surface area contributed by atoms with Crippen molar-refractivity contribution in [3.05, 3.63) is 24.3 Å². The van der Waals surface area contributed by atoms with Gasteiger partial charge in [0, 0.05) is 18.7 Å². The van der Waals surface area contributed by atoms with Crippen LogP contribution in [0.15, 0.2) is 29.4 Å². The predicted octanol–water partition coefficient (Wildman–Crippen LogP) is 3.51. The van der Waals surface area contributed by atoms with E-state index in [1.807, 2.05) is 24.3 Å². The molecular formula is C19H26N4O2S. The average molecular weight is 375 g/mol. The molecule has 0 radical (unpaired) electrons. The standard InChI is InChI=1S/C19H26N4O2S/c1-3-4-13-23-17(14-8-10-15(25-2)11-9-14)21-22-19(23)26-16-7-5-6-12-20-18(16)24/h8-11,16H,3-7,12-13H2,1-2H3,(H,20,24)/t16-/m1/s1. The van der Waals surface area contributed by atoms with Crippen molar-refractivity contribution in [2.45, 2.75) is 56.0 Å². The quantitative estimate of drug-likeness (QED) is 0.803. The van der Waals surface area contributed by atoms with Crippen LogP contribution in [0.2, 0.25) is 0 Å². The molecule has 1 aromatic heterocycles. The van der Waals surface area contributed by atoms with Crippen molar-refractivity contribution in [2.75, 3.05) is 13.7 Å². The van der Waals surface area contributed by atoms with Crippen molar-refractivity contribution in [1.82, 2.24) is 20.1 Å². The molecule has 7 heteroatoms. The van der Waals surface area contributed by atoms with Gasteiger partial charge in [-0.05, 0) is 43.5 Å². The highest BCUT2D eigenvalue weighted by atomic mass is 32.2. The minimum absolute atomic E-state index is 0.0919. The smallest absolute Gasteiger partial charge is 0.233 e. The van der Waals surface area contributed by atoms with Crippen LogP contribution >= 0.6 is 11.8 Å². The molecule has 1 aromatic carbocycles. The topological polar surface area (TPSA) is 69.0 Å². The second kappa shape index (κ2) is 9.07. The summed E-state index contributed by atoms with van der Waals surface area (Å²) < 4.78 is 7.39. The molecule has 1 saturated heterocycles. The molecular weight excluding hydrogens is 348 g/mol. The lowest BCUT2D eigenvalue weighted by atomic mass is 10.2. The van der Waals surface area contributed by atoms with Crippen LogP contribution in [-0.4, -0.2) is 39.6 Å². The number of nitrogens with zero attached hydrogens (tertiary/aromatic N) is 3. The van der Waals surface area contributed by atoms with E-state index >= 15 is 0 Å². The van der Waals surface area contributed by atoms with Gasteiger partial charge in [0.25, 0.3) is 0 Å². The van der Waals surface area contributed by atoms with E-state index in [1.54, 1.807) is 7.11 Å². The van der Waals surface area contributed by atoms with Crippen LogP contribution in [0, 0.1) is 0 Å². The van der Waals surface area contributed by atoms with Crippen molar-refractivity contribution in [1.29, 1.82) is 0 Å². The predicted molar refractivity (Wildman–Crippen MR) is 103 cm³/mol. The van der Waals surface area contributed by atoms with Crippen molar-refractivity contribution in [3.63, 3.8) is 0 Å². The van der Waals surface area contributed by atoms with Gasteiger partial charge in [0.1, 0.15) is 5.75 Å². The van der Waals surface area contributed by atoms with Gasteiger partial charge in [-0.1, -0.05) is 31.5 Å². The monoisotopic (exact) mass is 374 g/mol. The van der Waals surface area contributed by atoms with E-state index in [0.29, 0.717) is 0 Å². The van der Waals surface area contributed by atoms with Crippen LogP contribution in [0.4, 0.5) is 0 Å². The summed E-state index contributed by atoms with van der Waals surface area (Å²) >= 11 is 1.54. The van der Waals surface area contributed by atoms with Crippen molar-refractivity contribution in [2.24, 2.45) is 0 Å². The van der Waals surface area contributed by atoms with Crippen molar-refractivity contribution >= 4 is 17.7 Å². The van der Waals surface area contributed by atoms with Crippen molar-refractivity contribution < 1.29 is 9.53 Å². The number of nitrogens with one attached hydrogen (secondary N) is 1. The Bertz CT molecular complexity index is 730. The van der Waals surface area contributed by atoms with Crippen molar-refractivity contribution in [3.8, 4) is 17.1 Å². The molecule has 2 aromatic rings. The number of thioether (sulfide) groups is 1. The molecule has 3 rings (SSSR count). The molecule has 1 N–H and O–H groups in total. The van der Waals surface area contributed by atoms with Gasteiger partial charge in [-0.2, -0.15) is 0 Å². The lowest BCUT2D eigenvalue weighted by Gasteiger charge is -2.14. The molecule has 1 fully saturated rings. The molecule has 0 aliphatic carbocycles. The van der Waals surface area contributed by atoms with Gasteiger partial charge in [0.05, 0.1) is 12.4 Å². The molecule has 0 unspecified atom stereocenters. The summed E-state index contributed by atoms with van der Waals surface area (Å²) in [7, 11) is 1.66. The third-order valence-corrected chi connectivity index (χ3v) is 5.78. The number of amides is 1. The lowest BCUT2D eigenvalue weighted by Crippen LogP contribution is -2.30. The fourth-order valence-corrected chi connectivity index (χ4v) is 4.12. The van der Waals surface area contributed by atoms with E-state index in [0.717, 1.165) is 67.5 Å². The Morgan fingerprint density at radius 2 is 2.08 bits per heavy atom. The molecule has 0 saturated carbocycles. The fraction of sp³-hybridized carbons (Fsp3) is 0.526. The zero-order valence-electron chi connectivity index (χ0n) is 15.4. The third kappa shape index (κ3) is 4.38. The maximum Gasteiger partial charge on any atom is 0.233 e. The Kier molecular flexibility index (Phi) is 6.55. The number of hydrogen-bond donors (Lipinski definition) is 1. The van der Waals surface area contributed by atoms with Gasteiger partial charge in [-0.25, -0.2) is 0 Å². The van der Waals surface area contributed by atoms with Crippen LogP contribution in [0.5, 0.6) is 5.75 Å². The number of methoxy groups -OCH3 is 1. The first kappa shape index (κ1) is 18.8. The largest absolute Gasteiger partial charge is 0.497 e. The summed E-state index contributed by atoms with van der Waals surface area (Å²) in [6, 6.07) is 7.86. The zero-order valence-corrected chi connectivity index (χ0v) is 16.2. The Hall–Kier alpha value is -2.02. The van der Waals surface area contributed by atoms with Gasteiger partial charge >= 0.3 is 0 Å². The molecule has 1 aliphatic rings. The maximum atomic E-state index is 12.3. The summed E-state index contributed by atoms with van der Waals surface area (Å²) in [5, 5.41) is 12.6. The van der Waals surface area contributed by atoms with E-state index in [-0.39, 0.29) is 11.2 Å². The van der Waals surface area contributed by atoms with E-state index in [1.165, 1.54) is 11.8 Å². The highest BCUT2D eigenvalue weighted by Gasteiger charge is 2.25. The minimum Gasteiger partial charge on any atom is -0.497 e. The minimum atomic E-state index is -0.0919. The second-order valence-electron chi connectivity index (χ2n) is 6.43. The van der Waals surface area contributed by atoms with Crippen LogP contribution in [0.3, 0.4) is 0 Å². The summed E-state index contributed by atoms with van der Waals surface area (Å²) in [6.07, 6.45) is 5.13. The molecule has 0 spiro atoms. The number of aromatic nitrogens is 3. The Morgan fingerprint density at radius 1 is 1.27 bits per heavy atom. The van der Waals surface area contributed by atoms with Crippen LogP contribution in [0.25, 0.3) is 11.4 Å². The number of hydrogen-bond acceptors (Lipinski definition) is 5. The van der Waals surface area contributed by atoms with Gasteiger partial charge < -0.3 is 14.6 Å². The summed E-state index contributed by atoms with van der Waals surface area (Å²) in [6.45, 7) is 3.79. The number of rotatable bonds is 7. The number of ether oxygens (including phenoxy) is 1. The Morgan fingerprint density at radius 3 is 2.81 bits per heavy atom. The van der Waals surface area contributed by atoms with Crippen LogP contribution in [-0.2, 0) is 11.3 Å². The molecule has 1 atom stereocenters. The van der Waals surface area contributed by atoms with Gasteiger partial charge in [-0.15, -0.1) is 10.2 Å². The molecule has 26 heavy (non-hydrogen) atoms. The lowest BCUT2D eigenvalue weighted by molar-refractivity contribution is -0.120. The first-order valence-corrected chi connectivity index (χ1v) is 10.1. The Labute approximate surface area is 158 Å². The molecule has 6 nitrogen and oxygen atoms in total. The van der Waals surface area contributed by atoms with Crippen LogP contribution < -0.4 is 10.1 Å². The van der Waals surface area contributed by atoms with E-state index in [4.69, 9.17) is 4.74 Å².